The first kappa shape index (κ1) is 11.3. The lowest BCUT2D eigenvalue weighted by molar-refractivity contribution is 0.0536. The Hall–Kier alpha value is -1.16. The van der Waals surface area contributed by atoms with Crippen LogP contribution < -0.4 is 0 Å². The Morgan fingerprint density at radius 2 is 2.25 bits per heavy atom. The first-order valence-corrected chi connectivity index (χ1v) is 6.24. The molecule has 0 radical (unpaired) electrons. The zero-order valence-corrected chi connectivity index (χ0v) is 10.5. The SMILES string of the molecule is CC(C)(C)OC(=O)n1ccc2c1C=CSC2. The molecule has 1 aromatic rings. The van der Waals surface area contributed by atoms with Crippen molar-refractivity contribution in [3.63, 3.8) is 0 Å². The summed E-state index contributed by atoms with van der Waals surface area (Å²) < 4.78 is 6.90. The third kappa shape index (κ3) is 2.32. The molecule has 0 aliphatic carbocycles. The van der Waals surface area contributed by atoms with E-state index < -0.39 is 5.60 Å². The molecular weight excluding hydrogens is 222 g/mol. The molecule has 1 aliphatic heterocycles. The Labute approximate surface area is 99.5 Å². The third-order valence-corrected chi connectivity index (χ3v) is 2.97. The number of nitrogens with zero attached hydrogens (tertiary/aromatic N) is 1. The largest absolute Gasteiger partial charge is 0.443 e. The van der Waals surface area contributed by atoms with E-state index in [1.54, 1.807) is 22.5 Å². The summed E-state index contributed by atoms with van der Waals surface area (Å²) in [5.41, 5.74) is 1.66. The van der Waals surface area contributed by atoms with E-state index in [4.69, 9.17) is 4.74 Å². The second-order valence-corrected chi connectivity index (χ2v) is 5.58. The molecule has 1 aromatic heterocycles. The number of thioether (sulfide) groups is 1. The number of ether oxygens (including phenoxy) is 1. The van der Waals surface area contributed by atoms with Crippen LogP contribution in [0.15, 0.2) is 17.7 Å². The zero-order chi connectivity index (χ0) is 11.8. The summed E-state index contributed by atoms with van der Waals surface area (Å²) in [6.07, 6.45) is 3.41. The monoisotopic (exact) mass is 237 g/mol. The van der Waals surface area contributed by atoms with Crippen molar-refractivity contribution in [3.05, 3.63) is 28.9 Å². The molecule has 0 saturated carbocycles. The Morgan fingerprint density at radius 3 is 2.94 bits per heavy atom. The molecule has 4 heteroatoms. The minimum atomic E-state index is -0.457. The standard InChI is InChI=1S/C12H15NO2S/c1-12(2,3)15-11(14)13-6-4-9-8-16-7-5-10(9)13/h4-7H,8H2,1-3H3. The molecule has 0 N–H and O–H groups in total. The van der Waals surface area contributed by atoms with Gasteiger partial charge in [0.15, 0.2) is 0 Å². The smallest absolute Gasteiger partial charge is 0.418 e. The van der Waals surface area contributed by atoms with Gasteiger partial charge in [-0.25, -0.2) is 4.79 Å². The van der Waals surface area contributed by atoms with Gasteiger partial charge in [-0.2, -0.15) is 0 Å². The number of hydrogen-bond acceptors (Lipinski definition) is 3. The van der Waals surface area contributed by atoms with Gasteiger partial charge in [-0.3, -0.25) is 4.57 Å². The molecule has 0 atom stereocenters. The van der Waals surface area contributed by atoms with Crippen LogP contribution in [0.25, 0.3) is 6.08 Å². The van der Waals surface area contributed by atoms with E-state index in [9.17, 15) is 4.79 Å². The highest BCUT2D eigenvalue weighted by atomic mass is 32.2. The van der Waals surface area contributed by atoms with Crippen molar-refractivity contribution in [1.29, 1.82) is 0 Å². The fourth-order valence-electron chi connectivity index (χ4n) is 1.52. The Bertz CT molecular complexity index is 440. The summed E-state index contributed by atoms with van der Waals surface area (Å²) in [4.78, 5) is 11.9. The summed E-state index contributed by atoms with van der Waals surface area (Å²) in [6.45, 7) is 5.60. The van der Waals surface area contributed by atoms with Crippen molar-refractivity contribution in [2.45, 2.75) is 32.1 Å². The molecule has 0 spiro atoms. The fourth-order valence-corrected chi connectivity index (χ4v) is 2.26. The fraction of sp³-hybridized carbons (Fsp3) is 0.417. The van der Waals surface area contributed by atoms with Crippen LogP contribution in [-0.2, 0) is 10.5 Å². The van der Waals surface area contributed by atoms with Gasteiger partial charge in [0.25, 0.3) is 0 Å². The molecule has 0 saturated heterocycles. The zero-order valence-electron chi connectivity index (χ0n) is 9.69. The van der Waals surface area contributed by atoms with Crippen molar-refractivity contribution in [3.8, 4) is 0 Å². The van der Waals surface area contributed by atoms with Crippen molar-refractivity contribution >= 4 is 23.9 Å². The highest BCUT2D eigenvalue weighted by molar-refractivity contribution is 8.01. The summed E-state index contributed by atoms with van der Waals surface area (Å²) in [5.74, 6) is 0.918. The number of aromatic nitrogens is 1. The molecule has 0 fully saturated rings. The summed E-state index contributed by atoms with van der Waals surface area (Å²) in [7, 11) is 0. The van der Waals surface area contributed by atoms with Crippen LogP contribution >= 0.6 is 11.8 Å². The van der Waals surface area contributed by atoms with Crippen LogP contribution in [0.4, 0.5) is 4.79 Å². The van der Waals surface area contributed by atoms with Crippen molar-refractivity contribution in [2.24, 2.45) is 0 Å². The van der Waals surface area contributed by atoms with Crippen LogP contribution in [0.1, 0.15) is 32.0 Å². The van der Waals surface area contributed by atoms with Gasteiger partial charge in [0.2, 0.25) is 0 Å². The van der Waals surface area contributed by atoms with Gasteiger partial charge in [0.05, 0.1) is 5.69 Å². The van der Waals surface area contributed by atoms with Crippen LogP contribution in [0, 0.1) is 0 Å². The summed E-state index contributed by atoms with van der Waals surface area (Å²) >= 11 is 1.73. The third-order valence-electron chi connectivity index (χ3n) is 2.16. The number of fused-ring (bicyclic) bond motifs is 1. The van der Waals surface area contributed by atoms with Gasteiger partial charge in [-0.05, 0) is 43.9 Å². The van der Waals surface area contributed by atoms with Crippen LogP contribution in [0.2, 0.25) is 0 Å². The first-order valence-electron chi connectivity index (χ1n) is 5.19. The normalized spacial score (nSPS) is 14.7. The first-order chi connectivity index (χ1) is 7.47. The van der Waals surface area contributed by atoms with Crippen molar-refractivity contribution in [2.75, 3.05) is 0 Å². The lowest BCUT2D eigenvalue weighted by Crippen LogP contribution is -2.27. The van der Waals surface area contributed by atoms with Crippen molar-refractivity contribution < 1.29 is 9.53 Å². The molecule has 16 heavy (non-hydrogen) atoms. The molecule has 0 amide bonds. The highest BCUT2D eigenvalue weighted by Gasteiger charge is 2.20. The van der Waals surface area contributed by atoms with Gasteiger partial charge in [-0.15, -0.1) is 11.8 Å². The lowest BCUT2D eigenvalue weighted by Gasteiger charge is -2.20. The number of carbonyl (C=O) groups is 1. The van der Waals surface area contributed by atoms with E-state index in [2.05, 4.69) is 0 Å². The molecule has 1 aliphatic rings. The van der Waals surface area contributed by atoms with Gasteiger partial charge < -0.3 is 4.74 Å². The second-order valence-electron chi connectivity index (χ2n) is 4.69. The van der Waals surface area contributed by atoms with Crippen LogP contribution in [0.5, 0.6) is 0 Å². The van der Waals surface area contributed by atoms with E-state index >= 15 is 0 Å². The van der Waals surface area contributed by atoms with Gasteiger partial charge >= 0.3 is 6.09 Å². The Morgan fingerprint density at radius 1 is 1.50 bits per heavy atom. The Balaban J connectivity index is 2.26. The topological polar surface area (TPSA) is 31.2 Å². The summed E-state index contributed by atoms with van der Waals surface area (Å²) in [5, 5.41) is 2.00. The average Bonchev–Trinajstić information content (AvgIpc) is 2.58. The van der Waals surface area contributed by atoms with E-state index in [-0.39, 0.29) is 6.09 Å². The molecule has 0 aromatic carbocycles. The predicted molar refractivity (Wildman–Crippen MR) is 66.4 cm³/mol. The van der Waals surface area contributed by atoms with Gasteiger partial charge in [0, 0.05) is 11.9 Å². The van der Waals surface area contributed by atoms with E-state index in [0.29, 0.717) is 0 Å². The molecule has 2 heterocycles. The maximum absolute atomic E-state index is 11.9. The van der Waals surface area contributed by atoms with E-state index in [1.807, 2.05) is 38.3 Å². The van der Waals surface area contributed by atoms with E-state index in [1.165, 1.54) is 5.56 Å². The lowest BCUT2D eigenvalue weighted by atomic mass is 10.2. The minimum absolute atomic E-state index is 0.315. The van der Waals surface area contributed by atoms with Crippen molar-refractivity contribution in [1.82, 2.24) is 4.57 Å². The Kier molecular flexibility index (Phi) is 2.84. The quantitative estimate of drug-likeness (QED) is 0.692. The van der Waals surface area contributed by atoms with E-state index in [0.717, 1.165) is 11.4 Å². The number of hydrogen-bond donors (Lipinski definition) is 0. The molecular formula is C12H15NO2S. The second kappa shape index (κ2) is 4.01. The minimum Gasteiger partial charge on any atom is -0.443 e. The van der Waals surface area contributed by atoms with Crippen LogP contribution in [0.3, 0.4) is 0 Å². The maximum atomic E-state index is 11.9. The van der Waals surface area contributed by atoms with Crippen LogP contribution in [-0.4, -0.2) is 16.3 Å². The molecule has 86 valence electrons. The number of rotatable bonds is 0. The molecule has 0 bridgehead atoms. The van der Waals surface area contributed by atoms with Gasteiger partial charge in [-0.1, -0.05) is 0 Å². The van der Waals surface area contributed by atoms with Gasteiger partial charge in [0.1, 0.15) is 5.60 Å². The molecule has 0 unspecified atom stereocenters. The highest BCUT2D eigenvalue weighted by Crippen LogP contribution is 2.26. The average molecular weight is 237 g/mol. The maximum Gasteiger partial charge on any atom is 0.418 e. The number of carbonyl (C=O) groups excluding carboxylic acids is 1. The summed E-state index contributed by atoms with van der Waals surface area (Å²) in [6, 6.07) is 1.97. The molecule has 2 rings (SSSR count). The molecule has 3 nitrogen and oxygen atoms in total. The predicted octanol–water partition coefficient (Wildman–Crippen LogP) is 3.49.